The number of carbonyl (C=O) groups excluding carboxylic acids is 1. The first-order chi connectivity index (χ1) is 9.63. The Kier molecular flexibility index (Phi) is 5.07. The summed E-state index contributed by atoms with van der Waals surface area (Å²) >= 11 is 3.21. The first-order valence-corrected chi connectivity index (χ1v) is 7.43. The molecule has 1 unspecified atom stereocenters. The lowest BCUT2D eigenvalue weighted by Crippen LogP contribution is -2.14. The maximum Gasteiger partial charge on any atom is 0.144 e. The van der Waals surface area contributed by atoms with Crippen LogP contribution < -0.4 is 0 Å². The van der Waals surface area contributed by atoms with E-state index in [0.29, 0.717) is 10.0 Å². The number of hydrogen-bond donors (Lipinski definition) is 0. The van der Waals surface area contributed by atoms with E-state index >= 15 is 0 Å². The Balaban J connectivity index is 2.20. The van der Waals surface area contributed by atoms with E-state index in [1.807, 2.05) is 37.3 Å². The van der Waals surface area contributed by atoms with Crippen molar-refractivity contribution >= 4 is 21.7 Å². The molecule has 2 rings (SSSR count). The summed E-state index contributed by atoms with van der Waals surface area (Å²) in [5, 5.41) is 0. The maximum atomic E-state index is 13.5. The van der Waals surface area contributed by atoms with Gasteiger partial charge in [0, 0.05) is 12.3 Å². The van der Waals surface area contributed by atoms with Gasteiger partial charge in [0.1, 0.15) is 11.6 Å². The fraction of sp³-hybridized carbons (Fsp3) is 0.235. The van der Waals surface area contributed by atoms with Crippen LogP contribution in [0, 0.1) is 5.82 Å². The molecular formula is C17H16BrFO. The number of rotatable bonds is 5. The second kappa shape index (κ2) is 6.80. The molecule has 2 aromatic rings. The summed E-state index contributed by atoms with van der Waals surface area (Å²) < 4.78 is 13.9. The van der Waals surface area contributed by atoms with Gasteiger partial charge in [0.15, 0.2) is 0 Å². The number of hydrogen-bond acceptors (Lipinski definition) is 1. The summed E-state index contributed by atoms with van der Waals surface area (Å²) in [6.07, 6.45) is 0.988. The largest absolute Gasteiger partial charge is 0.299 e. The lowest BCUT2D eigenvalue weighted by Gasteiger charge is -2.15. The van der Waals surface area contributed by atoms with Gasteiger partial charge >= 0.3 is 0 Å². The highest BCUT2D eigenvalue weighted by molar-refractivity contribution is 9.10. The Morgan fingerprint density at radius 1 is 1.15 bits per heavy atom. The molecule has 20 heavy (non-hydrogen) atoms. The lowest BCUT2D eigenvalue weighted by molar-refractivity contribution is -0.119. The van der Waals surface area contributed by atoms with Gasteiger partial charge in [0.2, 0.25) is 0 Å². The molecule has 0 N–H and O–H groups in total. The smallest absolute Gasteiger partial charge is 0.144 e. The van der Waals surface area contributed by atoms with Crippen molar-refractivity contribution in [2.45, 2.75) is 25.7 Å². The molecule has 104 valence electrons. The van der Waals surface area contributed by atoms with E-state index < -0.39 is 0 Å². The monoisotopic (exact) mass is 334 g/mol. The second-order valence-electron chi connectivity index (χ2n) is 4.73. The predicted octanol–water partition coefficient (Wildman–Crippen LogP) is 4.89. The molecule has 2 aromatic carbocycles. The summed E-state index contributed by atoms with van der Waals surface area (Å²) in [6.45, 7) is 2.00. The highest BCUT2D eigenvalue weighted by atomic mass is 79.9. The van der Waals surface area contributed by atoms with Crippen molar-refractivity contribution < 1.29 is 9.18 Å². The van der Waals surface area contributed by atoms with Crippen molar-refractivity contribution in [1.82, 2.24) is 0 Å². The van der Waals surface area contributed by atoms with E-state index in [2.05, 4.69) is 15.9 Å². The van der Waals surface area contributed by atoms with E-state index in [-0.39, 0.29) is 23.9 Å². The van der Waals surface area contributed by atoms with Crippen molar-refractivity contribution in [2.75, 3.05) is 0 Å². The number of halogens is 2. The van der Waals surface area contributed by atoms with Crippen molar-refractivity contribution in [3.05, 3.63) is 69.9 Å². The van der Waals surface area contributed by atoms with Gasteiger partial charge < -0.3 is 0 Å². The molecular weight excluding hydrogens is 319 g/mol. The molecule has 0 saturated heterocycles. The van der Waals surface area contributed by atoms with Crippen LogP contribution in [-0.2, 0) is 11.2 Å². The van der Waals surface area contributed by atoms with Crippen LogP contribution in [0.2, 0.25) is 0 Å². The standard InChI is InChI=1S/C17H16BrFO/c1-2-14(12-7-4-3-5-8-12)16(20)11-13-9-6-10-15(19)17(13)18/h3-10,14H,2,11H2,1H3. The highest BCUT2D eigenvalue weighted by Crippen LogP contribution is 2.26. The Hall–Kier alpha value is -1.48. The van der Waals surface area contributed by atoms with E-state index in [0.717, 1.165) is 12.0 Å². The number of Topliss-reactive ketones (excluding diaryl/α,β-unsaturated/α-hetero) is 1. The Labute approximate surface area is 127 Å². The van der Waals surface area contributed by atoms with Gasteiger partial charge in [-0.25, -0.2) is 4.39 Å². The van der Waals surface area contributed by atoms with Gasteiger partial charge in [-0.2, -0.15) is 0 Å². The van der Waals surface area contributed by atoms with E-state index in [1.54, 1.807) is 12.1 Å². The molecule has 0 bridgehead atoms. The zero-order valence-corrected chi connectivity index (χ0v) is 12.9. The van der Waals surface area contributed by atoms with Gasteiger partial charge in [0.25, 0.3) is 0 Å². The highest BCUT2D eigenvalue weighted by Gasteiger charge is 2.20. The van der Waals surface area contributed by atoms with Crippen LogP contribution in [0.1, 0.15) is 30.4 Å². The van der Waals surface area contributed by atoms with Crippen LogP contribution in [0.25, 0.3) is 0 Å². The maximum absolute atomic E-state index is 13.5. The van der Waals surface area contributed by atoms with Gasteiger partial charge in [-0.15, -0.1) is 0 Å². The minimum absolute atomic E-state index is 0.116. The average Bonchev–Trinajstić information content (AvgIpc) is 2.46. The zero-order valence-electron chi connectivity index (χ0n) is 11.3. The van der Waals surface area contributed by atoms with E-state index in [9.17, 15) is 9.18 Å². The van der Waals surface area contributed by atoms with Gasteiger partial charge in [-0.05, 0) is 39.5 Å². The van der Waals surface area contributed by atoms with Crippen molar-refractivity contribution in [3.63, 3.8) is 0 Å². The second-order valence-corrected chi connectivity index (χ2v) is 5.52. The Morgan fingerprint density at radius 2 is 1.85 bits per heavy atom. The van der Waals surface area contributed by atoms with Gasteiger partial charge in [-0.3, -0.25) is 4.79 Å². The predicted molar refractivity (Wildman–Crippen MR) is 82.3 cm³/mol. The Bertz CT molecular complexity index is 595. The van der Waals surface area contributed by atoms with Crippen molar-refractivity contribution in [1.29, 1.82) is 0 Å². The van der Waals surface area contributed by atoms with Crippen molar-refractivity contribution in [2.24, 2.45) is 0 Å². The molecule has 0 aliphatic carbocycles. The molecule has 1 atom stereocenters. The van der Waals surface area contributed by atoms with E-state index in [4.69, 9.17) is 0 Å². The van der Waals surface area contributed by atoms with Crippen LogP contribution in [-0.4, -0.2) is 5.78 Å². The lowest BCUT2D eigenvalue weighted by atomic mass is 9.89. The molecule has 0 saturated carbocycles. The molecule has 1 nitrogen and oxygen atoms in total. The van der Waals surface area contributed by atoms with Crippen LogP contribution in [0.3, 0.4) is 0 Å². The third kappa shape index (κ3) is 3.34. The van der Waals surface area contributed by atoms with Crippen LogP contribution in [0.4, 0.5) is 4.39 Å². The Morgan fingerprint density at radius 3 is 2.50 bits per heavy atom. The molecule has 0 radical (unpaired) electrons. The quantitative estimate of drug-likeness (QED) is 0.760. The first kappa shape index (κ1) is 14.9. The molecule has 0 spiro atoms. The molecule has 0 aromatic heterocycles. The summed E-state index contributed by atoms with van der Waals surface area (Å²) in [5.41, 5.74) is 1.72. The minimum Gasteiger partial charge on any atom is -0.299 e. The minimum atomic E-state index is -0.331. The SMILES string of the molecule is CCC(C(=O)Cc1cccc(F)c1Br)c1ccccc1. The number of ketones is 1. The summed E-state index contributed by atoms with van der Waals surface area (Å²) in [7, 11) is 0. The molecule has 0 aliphatic rings. The molecule has 3 heteroatoms. The third-order valence-corrected chi connectivity index (χ3v) is 4.28. The van der Waals surface area contributed by atoms with Gasteiger partial charge in [0.05, 0.1) is 4.47 Å². The van der Waals surface area contributed by atoms with Gasteiger partial charge in [-0.1, -0.05) is 49.4 Å². The van der Waals surface area contributed by atoms with Crippen LogP contribution >= 0.6 is 15.9 Å². The first-order valence-electron chi connectivity index (χ1n) is 6.64. The third-order valence-electron chi connectivity index (χ3n) is 3.40. The average molecular weight is 335 g/mol. The number of benzene rings is 2. The van der Waals surface area contributed by atoms with E-state index in [1.165, 1.54) is 6.07 Å². The summed E-state index contributed by atoms with van der Waals surface area (Å²) in [6, 6.07) is 14.5. The molecule has 0 fully saturated rings. The summed E-state index contributed by atoms with van der Waals surface area (Å²) in [4.78, 5) is 12.5. The van der Waals surface area contributed by atoms with Crippen molar-refractivity contribution in [3.8, 4) is 0 Å². The summed E-state index contributed by atoms with van der Waals surface area (Å²) in [5.74, 6) is -0.348. The number of carbonyl (C=O) groups is 1. The normalized spacial score (nSPS) is 12.2. The fourth-order valence-electron chi connectivity index (χ4n) is 2.33. The molecule has 0 aliphatic heterocycles. The molecule has 0 heterocycles. The van der Waals surface area contributed by atoms with Crippen LogP contribution in [0.15, 0.2) is 53.0 Å². The molecule has 0 amide bonds. The zero-order chi connectivity index (χ0) is 14.5. The fourth-order valence-corrected chi connectivity index (χ4v) is 2.74. The topological polar surface area (TPSA) is 17.1 Å². The van der Waals surface area contributed by atoms with Crippen LogP contribution in [0.5, 0.6) is 0 Å².